The van der Waals surface area contributed by atoms with Crippen molar-refractivity contribution >= 4 is 38.6 Å². The van der Waals surface area contributed by atoms with Crippen LogP contribution in [0.2, 0.25) is 5.15 Å². The van der Waals surface area contributed by atoms with E-state index in [1.165, 1.54) is 0 Å². The zero-order chi connectivity index (χ0) is 12.6. The van der Waals surface area contributed by atoms with Crippen molar-refractivity contribution in [3.8, 4) is 0 Å². The molecule has 2 aromatic rings. The first-order valence-corrected chi connectivity index (χ1v) is 6.94. The quantitative estimate of drug-likeness (QED) is 0.791. The van der Waals surface area contributed by atoms with Crippen LogP contribution in [0.3, 0.4) is 0 Å². The van der Waals surface area contributed by atoms with Crippen molar-refractivity contribution in [1.82, 2.24) is 14.8 Å². The summed E-state index contributed by atoms with van der Waals surface area (Å²) in [5, 5.41) is 6.17. The molecule has 0 aliphatic rings. The molecule has 0 atom stereocenters. The van der Waals surface area contributed by atoms with Gasteiger partial charge in [0.05, 0.1) is 10.2 Å². The number of nitrogens with zero attached hydrogens (tertiary/aromatic N) is 3. The Hall–Kier alpha value is -0.610. The Morgan fingerprint density at radius 3 is 2.65 bits per heavy atom. The first kappa shape index (κ1) is 12.8. The molecule has 0 radical (unpaired) electrons. The van der Waals surface area contributed by atoms with E-state index < -0.39 is 0 Å². The zero-order valence-electron chi connectivity index (χ0n) is 10.2. The SMILES string of the molecule is CCC(CC)c1nn(C)c2nc(Cl)c(Br)cc12. The molecule has 0 bridgehead atoms. The van der Waals surface area contributed by atoms with Gasteiger partial charge in [-0.15, -0.1) is 0 Å². The molecule has 0 aliphatic heterocycles. The predicted octanol–water partition coefficient (Wildman–Crippen LogP) is 4.29. The molecular weight excluding hydrogens is 302 g/mol. The summed E-state index contributed by atoms with van der Waals surface area (Å²) in [7, 11) is 1.91. The number of pyridine rings is 1. The van der Waals surface area contributed by atoms with Crippen LogP contribution in [0.4, 0.5) is 0 Å². The summed E-state index contributed by atoms with van der Waals surface area (Å²) >= 11 is 9.44. The van der Waals surface area contributed by atoms with Crippen LogP contribution in [0.25, 0.3) is 11.0 Å². The molecular formula is C12H15BrClN3. The van der Waals surface area contributed by atoms with Gasteiger partial charge >= 0.3 is 0 Å². The highest BCUT2D eigenvalue weighted by atomic mass is 79.9. The molecule has 0 aliphatic carbocycles. The van der Waals surface area contributed by atoms with Gasteiger partial charge in [0.15, 0.2) is 5.65 Å². The van der Waals surface area contributed by atoms with Crippen LogP contribution in [-0.4, -0.2) is 14.8 Å². The standard InChI is InChI=1S/C12H15BrClN3/c1-4-7(5-2)10-8-6-9(13)11(14)15-12(8)17(3)16-10/h6-7H,4-5H2,1-3H3. The third-order valence-electron chi connectivity index (χ3n) is 3.13. The molecule has 0 saturated carbocycles. The molecule has 3 nitrogen and oxygen atoms in total. The van der Waals surface area contributed by atoms with Crippen LogP contribution >= 0.6 is 27.5 Å². The zero-order valence-corrected chi connectivity index (χ0v) is 12.5. The van der Waals surface area contributed by atoms with Gasteiger partial charge in [-0.25, -0.2) is 4.98 Å². The number of aromatic nitrogens is 3. The van der Waals surface area contributed by atoms with Crippen LogP contribution in [0.5, 0.6) is 0 Å². The van der Waals surface area contributed by atoms with Gasteiger partial charge in [0.25, 0.3) is 0 Å². The van der Waals surface area contributed by atoms with Gasteiger partial charge in [0.2, 0.25) is 0 Å². The van der Waals surface area contributed by atoms with Crippen molar-refractivity contribution in [2.45, 2.75) is 32.6 Å². The summed E-state index contributed by atoms with van der Waals surface area (Å²) in [4.78, 5) is 4.37. The third kappa shape index (κ3) is 2.20. The Kier molecular flexibility index (Phi) is 3.73. The number of aryl methyl sites for hydroxylation is 1. The van der Waals surface area contributed by atoms with Crippen LogP contribution in [-0.2, 0) is 7.05 Å². The summed E-state index contributed by atoms with van der Waals surface area (Å²) in [5.41, 5.74) is 1.97. The van der Waals surface area contributed by atoms with E-state index in [4.69, 9.17) is 11.6 Å². The molecule has 0 N–H and O–H groups in total. The second-order valence-electron chi connectivity index (χ2n) is 4.15. The second kappa shape index (κ2) is 4.94. The van der Waals surface area contributed by atoms with Crippen molar-refractivity contribution in [3.05, 3.63) is 21.4 Å². The number of fused-ring (bicyclic) bond motifs is 1. The average molecular weight is 317 g/mol. The molecule has 2 heterocycles. The highest BCUT2D eigenvalue weighted by molar-refractivity contribution is 9.10. The van der Waals surface area contributed by atoms with Gasteiger partial charge in [0, 0.05) is 18.4 Å². The maximum absolute atomic E-state index is 6.02. The van der Waals surface area contributed by atoms with E-state index in [2.05, 4.69) is 39.9 Å². The van der Waals surface area contributed by atoms with Gasteiger partial charge in [0.1, 0.15) is 5.15 Å². The van der Waals surface area contributed by atoms with Gasteiger partial charge in [-0.3, -0.25) is 4.68 Å². The fraction of sp³-hybridized carbons (Fsp3) is 0.500. The molecule has 5 heteroatoms. The number of hydrogen-bond acceptors (Lipinski definition) is 2. The van der Waals surface area contributed by atoms with E-state index in [0.29, 0.717) is 11.1 Å². The predicted molar refractivity (Wildman–Crippen MR) is 74.5 cm³/mol. The molecule has 0 fully saturated rings. The van der Waals surface area contributed by atoms with Gasteiger partial charge in [-0.05, 0) is 34.8 Å². The fourth-order valence-corrected chi connectivity index (χ4v) is 2.58. The molecule has 0 unspecified atom stereocenters. The summed E-state index contributed by atoms with van der Waals surface area (Å²) in [6.45, 7) is 4.38. The number of rotatable bonds is 3. The lowest BCUT2D eigenvalue weighted by molar-refractivity contribution is 0.608. The van der Waals surface area contributed by atoms with E-state index in [0.717, 1.165) is 34.0 Å². The number of hydrogen-bond donors (Lipinski definition) is 0. The van der Waals surface area contributed by atoms with E-state index in [9.17, 15) is 0 Å². The molecule has 92 valence electrons. The maximum Gasteiger partial charge on any atom is 0.159 e. The lowest BCUT2D eigenvalue weighted by Crippen LogP contribution is -1.98. The lowest BCUT2D eigenvalue weighted by Gasteiger charge is -2.09. The van der Waals surface area contributed by atoms with Crippen LogP contribution < -0.4 is 0 Å². The van der Waals surface area contributed by atoms with Crippen molar-refractivity contribution in [2.24, 2.45) is 7.05 Å². The van der Waals surface area contributed by atoms with Crippen molar-refractivity contribution < 1.29 is 0 Å². The molecule has 0 saturated heterocycles. The first-order valence-electron chi connectivity index (χ1n) is 5.77. The summed E-state index contributed by atoms with van der Waals surface area (Å²) in [6, 6.07) is 2.02. The highest BCUT2D eigenvalue weighted by Crippen LogP contribution is 2.32. The summed E-state index contributed by atoms with van der Waals surface area (Å²) in [5.74, 6) is 0.480. The lowest BCUT2D eigenvalue weighted by atomic mass is 9.97. The third-order valence-corrected chi connectivity index (χ3v) is 4.25. The largest absolute Gasteiger partial charge is 0.250 e. The van der Waals surface area contributed by atoms with Crippen molar-refractivity contribution in [3.63, 3.8) is 0 Å². The minimum absolute atomic E-state index is 0.480. The molecule has 0 spiro atoms. The Labute approximate surface area is 114 Å². The Morgan fingerprint density at radius 1 is 1.41 bits per heavy atom. The fourth-order valence-electron chi connectivity index (χ4n) is 2.13. The first-order chi connectivity index (χ1) is 8.08. The molecule has 0 amide bonds. The topological polar surface area (TPSA) is 30.7 Å². The Morgan fingerprint density at radius 2 is 2.06 bits per heavy atom. The second-order valence-corrected chi connectivity index (χ2v) is 5.37. The van der Waals surface area contributed by atoms with E-state index in [-0.39, 0.29) is 0 Å². The van der Waals surface area contributed by atoms with Crippen molar-refractivity contribution in [1.29, 1.82) is 0 Å². The Bertz CT molecular complexity index is 546. The summed E-state index contributed by atoms with van der Waals surface area (Å²) in [6.07, 6.45) is 2.17. The van der Waals surface area contributed by atoms with Gasteiger partial charge in [-0.2, -0.15) is 5.10 Å². The normalized spacial score (nSPS) is 11.6. The molecule has 17 heavy (non-hydrogen) atoms. The average Bonchev–Trinajstić information content (AvgIpc) is 2.60. The van der Waals surface area contributed by atoms with Crippen LogP contribution in [0, 0.1) is 0 Å². The smallest absolute Gasteiger partial charge is 0.159 e. The van der Waals surface area contributed by atoms with Crippen LogP contribution in [0.15, 0.2) is 10.5 Å². The Balaban J connectivity index is 2.69. The van der Waals surface area contributed by atoms with Gasteiger partial charge < -0.3 is 0 Å². The van der Waals surface area contributed by atoms with E-state index in [1.807, 2.05) is 13.1 Å². The minimum Gasteiger partial charge on any atom is -0.250 e. The molecule has 2 aromatic heterocycles. The maximum atomic E-state index is 6.02. The summed E-state index contributed by atoms with van der Waals surface area (Å²) < 4.78 is 2.63. The van der Waals surface area contributed by atoms with Gasteiger partial charge in [-0.1, -0.05) is 25.4 Å². The minimum atomic E-state index is 0.480. The number of halogens is 2. The molecule has 0 aromatic carbocycles. The van der Waals surface area contributed by atoms with E-state index >= 15 is 0 Å². The van der Waals surface area contributed by atoms with Crippen molar-refractivity contribution in [2.75, 3.05) is 0 Å². The highest BCUT2D eigenvalue weighted by Gasteiger charge is 2.18. The van der Waals surface area contributed by atoms with Crippen LogP contribution in [0.1, 0.15) is 38.3 Å². The van der Waals surface area contributed by atoms with E-state index in [1.54, 1.807) is 4.68 Å². The molecule has 2 rings (SSSR count). The monoisotopic (exact) mass is 315 g/mol.